The van der Waals surface area contributed by atoms with Gasteiger partial charge in [-0.05, 0) is 50.5 Å². The standard InChI is InChI=1S/C22H34N2O3Si/c1-5-7-14-25-15-10-11-16-26-21-13-9-8-12-20(21)22-23-17-19(18-24-22)27-28(3,4)6-2/h8-9,12-13,17-18H,5-7,10-11,14-16H2,1-4H3. The maximum absolute atomic E-state index is 6.07. The van der Waals surface area contributed by atoms with E-state index in [-0.39, 0.29) is 0 Å². The van der Waals surface area contributed by atoms with Crippen LogP contribution in [0.1, 0.15) is 39.5 Å². The Labute approximate surface area is 170 Å². The average Bonchev–Trinajstić information content (AvgIpc) is 2.71. The third-order valence-corrected chi connectivity index (χ3v) is 7.08. The molecule has 2 rings (SSSR count). The Morgan fingerprint density at radius 1 is 0.893 bits per heavy atom. The molecular formula is C22H34N2O3Si. The van der Waals surface area contributed by atoms with Crippen LogP contribution in [-0.4, -0.2) is 38.1 Å². The summed E-state index contributed by atoms with van der Waals surface area (Å²) in [5.74, 6) is 2.21. The predicted molar refractivity (Wildman–Crippen MR) is 117 cm³/mol. The third-order valence-electron chi connectivity index (χ3n) is 4.58. The van der Waals surface area contributed by atoms with Crippen LogP contribution in [0.15, 0.2) is 36.7 Å². The van der Waals surface area contributed by atoms with Gasteiger partial charge in [0, 0.05) is 13.2 Å². The normalized spacial score (nSPS) is 11.4. The van der Waals surface area contributed by atoms with Crippen molar-refractivity contribution in [2.24, 2.45) is 0 Å². The molecule has 1 aromatic heterocycles. The summed E-state index contributed by atoms with van der Waals surface area (Å²) < 4.78 is 17.6. The fourth-order valence-electron chi connectivity index (χ4n) is 2.51. The second kappa shape index (κ2) is 11.8. The van der Waals surface area contributed by atoms with E-state index in [9.17, 15) is 0 Å². The summed E-state index contributed by atoms with van der Waals surface area (Å²) in [6.45, 7) is 11.0. The van der Waals surface area contributed by atoms with Crippen LogP contribution in [0, 0.1) is 0 Å². The van der Waals surface area contributed by atoms with Gasteiger partial charge in [0.05, 0.1) is 24.6 Å². The maximum atomic E-state index is 6.07. The summed E-state index contributed by atoms with van der Waals surface area (Å²) in [7, 11) is -1.68. The molecule has 0 radical (unpaired) electrons. The molecule has 0 saturated carbocycles. The lowest BCUT2D eigenvalue weighted by Crippen LogP contribution is -2.32. The van der Waals surface area contributed by atoms with Crippen molar-refractivity contribution in [1.29, 1.82) is 0 Å². The molecule has 6 heteroatoms. The molecule has 1 aromatic carbocycles. The van der Waals surface area contributed by atoms with Gasteiger partial charge in [0.1, 0.15) is 11.5 Å². The fraction of sp³-hybridized carbons (Fsp3) is 0.545. The number of unbranched alkanes of at least 4 members (excludes halogenated alkanes) is 2. The summed E-state index contributed by atoms with van der Waals surface area (Å²) in [6.07, 6.45) is 7.80. The lowest BCUT2D eigenvalue weighted by molar-refractivity contribution is 0.124. The van der Waals surface area contributed by atoms with E-state index in [0.717, 1.165) is 55.6 Å². The van der Waals surface area contributed by atoms with Crippen molar-refractivity contribution in [3.05, 3.63) is 36.7 Å². The van der Waals surface area contributed by atoms with Crippen LogP contribution in [0.4, 0.5) is 0 Å². The molecule has 1 heterocycles. The van der Waals surface area contributed by atoms with Crippen LogP contribution in [0.5, 0.6) is 11.5 Å². The van der Waals surface area contributed by atoms with Gasteiger partial charge in [-0.3, -0.25) is 0 Å². The van der Waals surface area contributed by atoms with E-state index in [4.69, 9.17) is 13.9 Å². The van der Waals surface area contributed by atoms with Gasteiger partial charge >= 0.3 is 0 Å². The minimum atomic E-state index is -1.68. The van der Waals surface area contributed by atoms with Gasteiger partial charge in [0.25, 0.3) is 0 Å². The van der Waals surface area contributed by atoms with Crippen LogP contribution in [0.2, 0.25) is 19.1 Å². The molecule has 0 aliphatic carbocycles. The topological polar surface area (TPSA) is 53.5 Å². The molecule has 0 aliphatic rings. The van der Waals surface area contributed by atoms with Gasteiger partial charge in [-0.15, -0.1) is 0 Å². The van der Waals surface area contributed by atoms with Crippen LogP contribution >= 0.6 is 0 Å². The summed E-state index contributed by atoms with van der Waals surface area (Å²) >= 11 is 0. The minimum Gasteiger partial charge on any atom is -0.542 e. The van der Waals surface area contributed by atoms with E-state index < -0.39 is 8.32 Å². The molecule has 28 heavy (non-hydrogen) atoms. The van der Waals surface area contributed by atoms with Crippen molar-refractivity contribution in [2.75, 3.05) is 19.8 Å². The fourth-order valence-corrected chi connectivity index (χ4v) is 3.40. The first-order valence-corrected chi connectivity index (χ1v) is 13.5. The van der Waals surface area contributed by atoms with E-state index in [1.807, 2.05) is 24.3 Å². The zero-order valence-corrected chi connectivity index (χ0v) is 18.7. The predicted octanol–water partition coefficient (Wildman–Crippen LogP) is 5.72. The number of rotatable bonds is 13. The van der Waals surface area contributed by atoms with Gasteiger partial charge in [0.15, 0.2) is 5.82 Å². The second-order valence-electron chi connectivity index (χ2n) is 7.48. The molecule has 0 spiro atoms. The minimum absolute atomic E-state index is 0.654. The monoisotopic (exact) mass is 402 g/mol. The lowest BCUT2D eigenvalue weighted by atomic mass is 10.2. The summed E-state index contributed by atoms with van der Waals surface area (Å²) in [5.41, 5.74) is 0.903. The van der Waals surface area contributed by atoms with Gasteiger partial charge in [0.2, 0.25) is 8.32 Å². The summed E-state index contributed by atoms with van der Waals surface area (Å²) in [4.78, 5) is 9.00. The quantitative estimate of drug-likeness (QED) is 0.317. The Hall–Kier alpha value is -1.92. The van der Waals surface area contributed by atoms with Crippen LogP contribution in [0.3, 0.4) is 0 Å². The zero-order valence-electron chi connectivity index (χ0n) is 17.7. The van der Waals surface area contributed by atoms with Gasteiger partial charge in [-0.25, -0.2) is 9.97 Å². The van der Waals surface area contributed by atoms with Crippen LogP contribution < -0.4 is 9.16 Å². The van der Waals surface area contributed by atoms with Crippen LogP contribution in [0.25, 0.3) is 11.4 Å². The van der Waals surface area contributed by atoms with E-state index >= 15 is 0 Å². The summed E-state index contributed by atoms with van der Waals surface area (Å²) in [6, 6.07) is 8.96. The van der Waals surface area contributed by atoms with E-state index in [2.05, 4.69) is 36.9 Å². The molecule has 0 amide bonds. The second-order valence-corrected chi connectivity index (χ2v) is 11.9. The first kappa shape index (κ1) is 22.4. The van der Waals surface area contributed by atoms with E-state index in [0.29, 0.717) is 12.4 Å². The highest BCUT2D eigenvalue weighted by Gasteiger charge is 2.21. The molecule has 5 nitrogen and oxygen atoms in total. The number of ether oxygens (including phenoxy) is 2. The SMILES string of the molecule is CCCCOCCCCOc1ccccc1-c1ncc(O[Si](C)(C)CC)cn1. The third kappa shape index (κ3) is 7.60. The molecular weight excluding hydrogens is 368 g/mol. The van der Waals surface area contributed by atoms with Crippen molar-refractivity contribution < 1.29 is 13.9 Å². The van der Waals surface area contributed by atoms with Crippen molar-refractivity contribution >= 4 is 8.32 Å². The Morgan fingerprint density at radius 3 is 2.29 bits per heavy atom. The molecule has 0 unspecified atom stereocenters. The number of aromatic nitrogens is 2. The molecule has 2 aromatic rings. The smallest absolute Gasteiger partial charge is 0.245 e. The highest BCUT2D eigenvalue weighted by molar-refractivity contribution is 6.71. The number of para-hydroxylation sites is 1. The number of hydrogen-bond acceptors (Lipinski definition) is 5. The largest absolute Gasteiger partial charge is 0.542 e. The van der Waals surface area contributed by atoms with Crippen LogP contribution in [-0.2, 0) is 4.74 Å². The lowest BCUT2D eigenvalue weighted by Gasteiger charge is -2.21. The van der Waals surface area contributed by atoms with E-state index in [1.54, 1.807) is 12.4 Å². The van der Waals surface area contributed by atoms with E-state index in [1.165, 1.54) is 6.42 Å². The van der Waals surface area contributed by atoms with Gasteiger partial charge in [-0.1, -0.05) is 32.4 Å². The molecule has 0 fully saturated rings. The zero-order chi connectivity index (χ0) is 20.2. The first-order chi connectivity index (χ1) is 13.6. The number of hydrogen-bond donors (Lipinski definition) is 0. The van der Waals surface area contributed by atoms with Crippen molar-refractivity contribution in [3.8, 4) is 22.9 Å². The van der Waals surface area contributed by atoms with Gasteiger partial charge in [-0.2, -0.15) is 0 Å². The highest BCUT2D eigenvalue weighted by Crippen LogP contribution is 2.28. The summed E-state index contributed by atoms with van der Waals surface area (Å²) in [5, 5.41) is 0. The average molecular weight is 403 g/mol. The number of nitrogens with zero attached hydrogens (tertiary/aromatic N) is 2. The highest BCUT2D eigenvalue weighted by atomic mass is 28.4. The molecule has 0 N–H and O–H groups in total. The molecule has 154 valence electrons. The maximum Gasteiger partial charge on any atom is 0.245 e. The molecule has 0 bridgehead atoms. The Kier molecular flexibility index (Phi) is 9.44. The van der Waals surface area contributed by atoms with Crippen molar-refractivity contribution in [1.82, 2.24) is 9.97 Å². The first-order valence-electron chi connectivity index (χ1n) is 10.4. The molecule has 0 aliphatic heterocycles. The Bertz CT molecular complexity index is 692. The number of benzene rings is 1. The molecule has 0 atom stereocenters. The Balaban J connectivity index is 1.89. The van der Waals surface area contributed by atoms with Crippen molar-refractivity contribution in [3.63, 3.8) is 0 Å². The van der Waals surface area contributed by atoms with Crippen molar-refractivity contribution in [2.45, 2.75) is 58.7 Å². The Morgan fingerprint density at radius 2 is 1.57 bits per heavy atom. The molecule has 0 saturated heterocycles. The van der Waals surface area contributed by atoms with Gasteiger partial charge < -0.3 is 13.9 Å².